The number of aromatic hydroxyl groups is 1. The van der Waals surface area contributed by atoms with E-state index >= 15 is 0 Å². The maximum Gasteiger partial charge on any atom is 0.338 e. The van der Waals surface area contributed by atoms with E-state index < -0.39 is 12.0 Å². The molecular formula is C26H26N2O5S. The molecule has 34 heavy (non-hydrogen) atoms. The Balaban J connectivity index is 1.99. The third-order valence-corrected chi connectivity index (χ3v) is 6.24. The number of ether oxygens (including phenoxy) is 2. The van der Waals surface area contributed by atoms with Crippen LogP contribution < -0.4 is 19.6 Å². The maximum absolute atomic E-state index is 13.7. The number of carbonyl (C=O) groups is 1. The van der Waals surface area contributed by atoms with Crippen molar-refractivity contribution < 1.29 is 19.4 Å². The number of phenolic OH excluding ortho intramolecular Hbond substituents is 1. The lowest BCUT2D eigenvalue weighted by Crippen LogP contribution is -2.40. The second kappa shape index (κ2) is 9.69. The number of carbonyl (C=O) groups excluding carboxylic acids is 1. The smallest absolute Gasteiger partial charge is 0.338 e. The molecule has 0 aliphatic carbocycles. The van der Waals surface area contributed by atoms with Crippen molar-refractivity contribution in [3.8, 4) is 11.5 Å². The van der Waals surface area contributed by atoms with Gasteiger partial charge in [-0.15, -0.1) is 0 Å². The van der Waals surface area contributed by atoms with Crippen LogP contribution in [0.3, 0.4) is 0 Å². The van der Waals surface area contributed by atoms with E-state index in [4.69, 9.17) is 9.47 Å². The first kappa shape index (κ1) is 23.5. The minimum absolute atomic E-state index is 0.0983. The number of fused-ring (bicyclic) bond motifs is 1. The van der Waals surface area contributed by atoms with Crippen molar-refractivity contribution in [2.75, 3.05) is 6.61 Å². The molecule has 0 bridgehead atoms. The van der Waals surface area contributed by atoms with Crippen molar-refractivity contribution >= 4 is 23.4 Å². The van der Waals surface area contributed by atoms with Gasteiger partial charge in [0, 0.05) is 5.56 Å². The molecular weight excluding hydrogens is 452 g/mol. The molecule has 0 saturated heterocycles. The van der Waals surface area contributed by atoms with Gasteiger partial charge in [-0.05, 0) is 57.5 Å². The van der Waals surface area contributed by atoms with Crippen LogP contribution in [0.25, 0.3) is 6.08 Å². The van der Waals surface area contributed by atoms with E-state index in [1.807, 2.05) is 38.1 Å². The van der Waals surface area contributed by atoms with Gasteiger partial charge in [-0.2, -0.15) is 0 Å². The summed E-state index contributed by atoms with van der Waals surface area (Å²) in [7, 11) is 0. The van der Waals surface area contributed by atoms with E-state index in [2.05, 4.69) is 4.99 Å². The molecule has 4 rings (SSSR count). The fourth-order valence-electron chi connectivity index (χ4n) is 3.92. The Morgan fingerprint density at radius 1 is 1.24 bits per heavy atom. The van der Waals surface area contributed by atoms with E-state index in [0.717, 1.165) is 0 Å². The van der Waals surface area contributed by atoms with Crippen LogP contribution in [0.2, 0.25) is 0 Å². The number of thiazole rings is 1. The zero-order valence-corrected chi connectivity index (χ0v) is 20.3. The molecule has 7 nitrogen and oxygen atoms in total. The average Bonchev–Trinajstić information content (AvgIpc) is 3.07. The quantitative estimate of drug-likeness (QED) is 0.549. The van der Waals surface area contributed by atoms with Gasteiger partial charge in [-0.3, -0.25) is 9.36 Å². The molecule has 8 heteroatoms. The first-order chi connectivity index (χ1) is 16.3. The second-order valence-corrected chi connectivity index (χ2v) is 9.11. The molecule has 1 aliphatic heterocycles. The monoisotopic (exact) mass is 478 g/mol. The molecule has 0 radical (unpaired) electrons. The molecule has 176 valence electrons. The summed E-state index contributed by atoms with van der Waals surface area (Å²) in [5.41, 5.74) is 1.88. The van der Waals surface area contributed by atoms with Gasteiger partial charge >= 0.3 is 5.97 Å². The van der Waals surface area contributed by atoms with Crippen molar-refractivity contribution in [2.45, 2.75) is 39.8 Å². The number of esters is 1. The highest BCUT2D eigenvalue weighted by molar-refractivity contribution is 7.07. The lowest BCUT2D eigenvalue weighted by molar-refractivity contribution is -0.139. The van der Waals surface area contributed by atoms with Gasteiger partial charge in [0.2, 0.25) is 0 Å². The number of para-hydroxylation sites is 1. The molecule has 1 aliphatic rings. The predicted molar refractivity (Wildman–Crippen MR) is 131 cm³/mol. The SMILES string of the molecule is CCOC(=O)C1=C(C)N=c2s/c(=C/c3cccc(O)c3)c(=O)n2[C@@H]1c1ccccc1OC(C)C. The Labute approximate surface area is 200 Å². The van der Waals surface area contributed by atoms with Gasteiger partial charge in [-0.25, -0.2) is 9.79 Å². The van der Waals surface area contributed by atoms with Gasteiger partial charge in [0.25, 0.3) is 5.56 Å². The van der Waals surface area contributed by atoms with E-state index in [1.165, 1.54) is 15.9 Å². The van der Waals surface area contributed by atoms with Crippen molar-refractivity contribution in [3.63, 3.8) is 0 Å². The molecule has 3 aromatic rings. The first-order valence-corrected chi connectivity index (χ1v) is 11.9. The first-order valence-electron chi connectivity index (χ1n) is 11.0. The number of allylic oxidation sites excluding steroid dienone is 1. The van der Waals surface area contributed by atoms with Crippen molar-refractivity contribution in [3.05, 3.63) is 90.6 Å². The minimum Gasteiger partial charge on any atom is -0.508 e. The predicted octanol–water partition coefficient (Wildman–Crippen LogP) is 3.29. The highest BCUT2D eigenvalue weighted by Gasteiger charge is 2.35. The molecule has 2 heterocycles. The van der Waals surface area contributed by atoms with Crippen LogP contribution in [0.4, 0.5) is 0 Å². The summed E-state index contributed by atoms with van der Waals surface area (Å²) in [6, 6.07) is 13.3. The molecule has 0 spiro atoms. The van der Waals surface area contributed by atoms with E-state index in [-0.39, 0.29) is 24.0 Å². The Hall–Kier alpha value is -3.65. The number of hydrogen-bond donors (Lipinski definition) is 1. The molecule has 1 N–H and O–H groups in total. The number of nitrogens with zero attached hydrogens (tertiary/aromatic N) is 2. The van der Waals surface area contributed by atoms with Crippen LogP contribution in [0.5, 0.6) is 11.5 Å². The van der Waals surface area contributed by atoms with Gasteiger partial charge in [0.15, 0.2) is 4.80 Å². The Morgan fingerprint density at radius 2 is 2.00 bits per heavy atom. The molecule has 0 fully saturated rings. The van der Waals surface area contributed by atoms with Crippen molar-refractivity contribution in [1.29, 1.82) is 0 Å². The highest BCUT2D eigenvalue weighted by atomic mass is 32.1. The lowest BCUT2D eigenvalue weighted by Gasteiger charge is -2.26. The summed E-state index contributed by atoms with van der Waals surface area (Å²) < 4.78 is 13.4. The number of phenols is 1. The van der Waals surface area contributed by atoms with Crippen LogP contribution in [-0.4, -0.2) is 28.4 Å². The molecule has 1 aromatic heterocycles. The molecule has 1 atom stereocenters. The summed E-state index contributed by atoms with van der Waals surface area (Å²) in [4.78, 5) is 31.8. The second-order valence-electron chi connectivity index (χ2n) is 8.10. The van der Waals surface area contributed by atoms with Crippen LogP contribution in [0.1, 0.15) is 44.9 Å². The Bertz CT molecular complexity index is 1450. The number of hydrogen-bond acceptors (Lipinski definition) is 7. The van der Waals surface area contributed by atoms with E-state index in [9.17, 15) is 14.7 Å². The van der Waals surface area contributed by atoms with Crippen LogP contribution in [0, 0.1) is 0 Å². The zero-order valence-electron chi connectivity index (χ0n) is 19.4. The molecule has 0 amide bonds. The molecule has 0 saturated carbocycles. The molecule has 0 unspecified atom stereocenters. The van der Waals surface area contributed by atoms with Gasteiger partial charge in [-0.1, -0.05) is 41.7 Å². The zero-order chi connectivity index (χ0) is 24.4. The fraction of sp³-hybridized carbons (Fsp3) is 0.269. The summed E-state index contributed by atoms with van der Waals surface area (Å²) in [5.74, 6) is 0.177. The third kappa shape index (κ3) is 4.54. The summed E-state index contributed by atoms with van der Waals surface area (Å²) in [6.45, 7) is 7.53. The average molecular weight is 479 g/mol. The highest BCUT2D eigenvalue weighted by Crippen LogP contribution is 2.36. The fourth-order valence-corrected chi connectivity index (χ4v) is 4.97. The summed E-state index contributed by atoms with van der Waals surface area (Å²) in [5, 5.41) is 9.81. The third-order valence-electron chi connectivity index (χ3n) is 5.26. The largest absolute Gasteiger partial charge is 0.508 e. The summed E-state index contributed by atoms with van der Waals surface area (Å²) in [6.07, 6.45) is 1.61. The van der Waals surface area contributed by atoms with Crippen LogP contribution in [0.15, 0.2) is 69.6 Å². The Kier molecular flexibility index (Phi) is 6.70. The van der Waals surface area contributed by atoms with Gasteiger partial charge < -0.3 is 14.6 Å². The maximum atomic E-state index is 13.7. The standard InChI is InChI=1S/C26H26N2O5S/c1-5-32-25(31)22-16(4)27-26-28(23(22)19-11-6-7-12-20(19)33-15(2)3)24(30)21(34-26)14-17-9-8-10-18(29)13-17/h6-15,23,29H,5H2,1-4H3/b21-14+/t23-/m1/s1. The molecule has 2 aromatic carbocycles. The number of benzene rings is 2. The van der Waals surface area contributed by atoms with Crippen LogP contribution >= 0.6 is 11.3 Å². The normalized spacial score (nSPS) is 15.8. The van der Waals surface area contributed by atoms with E-state index in [0.29, 0.717) is 37.5 Å². The number of rotatable bonds is 6. The van der Waals surface area contributed by atoms with Crippen molar-refractivity contribution in [2.24, 2.45) is 4.99 Å². The van der Waals surface area contributed by atoms with Gasteiger partial charge in [0.1, 0.15) is 17.5 Å². The van der Waals surface area contributed by atoms with Crippen LogP contribution in [-0.2, 0) is 9.53 Å². The Morgan fingerprint density at radius 3 is 2.71 bits per heavy atom. The van der Waals surface area contributed by atoms with E-state index in [1.54, 1.807) is 44.2 Å². The topological polar surface area (TPSA) is 90.1 Å². The van der Waals surface area contributed by atoms with Crippen molar-refractivity contribution in [1.82, 2.24) is 4.57 Å². The summed E-state index contributed by atoms with van der Waals surface area (Å²) >= 11 is 1.23. The minimum atomic E-state index is -0.753. The van der Waals surface area contributed by atoms with Gasteiger partial charge in [0.05, 0.1) is 28.5 Å². The lowest BCUT2D eigenvalue weighted by atomic mass is 9.95. The number of aromatic nitrogens is 1.